The van der Waals surface area contributed by atoms with Gasteiger partial charge in [0, 0.05) is 11.6 Å². The number of fused-ring (bicyclic) bond motifs is 1. The van der Waals surface area contributed by atoms with E-state index in [-0.39, 0.29) is 0 Å². The summed E-state index contributed by atoms with van der Waals surface area (Å²) in [5.41, 5.74) is 0.819. The maximum atomic E-state index is 11.7. The quantitative estimate of drug-likeness (QED) is 0.797. The second-order valence-electron chi connectivity index (χ2n) is 3.72. The molecular formula is C13H12O2S. The molecule has 0 saturated heterocycles. The fraction of sp³-hybridized carbons (Fsp3) is 0.0769. The van der Waals surface area contributed by atoms with Crippen LogP contribution in [0.25, 0.3) is 16.8 Å². The van der Waals surface area contributed by atoms with Crippen LogP contribution in [-0.4, -0.2) is 14.7 Å². The first-order valence-electron chi connectivity index (χ1n) is 4.87. The highest BCUT2D eigenvalue weighted by molar-refractivity contribution is 7.91. The van der Waals surface area contributed by atoms with E-state index in [2.05, 4.69) is 6.58 Å². The van der Waals surface area contributed by atoms with Crippen molar-refractivity contribution in [3.05, 3.63) is 48.5 Å². The fourth-order valence-electron chi connectivity index (χ4n) is 1.72. The first-order chi connectivity index (χ1) is 7.52. The van der Waals surface area contributed by atoms with Gasteiger partial charge in [-0.1, -0.05) is 36.9 Å². The van der Waals surface area contributed by atoms with Crippen LogP contribution in [0.3, 0.4) is 0 Å². The van der Waals surface area contributed by atoms with Gasteiger partial charge in [-0.15, -0.1) is 0 Å². The molecule has 2 aromatic carbocycles. The van der Waals surface area contributed by atoms with E-state index in [0.717, 1.165) is 16.3 Å². The average Bonchev–Trinajstić information content (AvgIpc) is 2.26. The van der Waals surface area contributed by atoms with Crippen molar-refractivity contribution < 1.29 is 8.42 Å². The van der Waals surface area contributed by atoms with Crippen LogP contribution in [-0.2, 0) is 9.84 Å². The minimum absolute atomic E-state index is 0.362. The predicted octanol–water partition coefficient (Wildman–Crippen LogP) is 2.89. The molecular weight excluding hydrogens is 220 g/mol. The molecule has 0 radical (unpaired) electrons. The Balaban J connectivity index is 2.95. The van der Waals surface area contributed by atoms with E-state index < -0.39 is 9.84 Å². The fourth-order valence-corrected chi connectivity index (χ4v) is 2.66. The molecule has 0 heterocycles. The first-order valence-corrected chi connectivity index (χ1v) is 6.77. The van der Waals surface area contributed by atoms with Crippen molar-refractivity contribution in [1.29, 1.82) is 0 Å². The van der Waals surface area contributed by atoms with Crippen LogP contribution in [0.15, 0.2) is 47.9 Å². The molecule has 0 atom stereocenters. The van der Waals surface area contributed by atoms with Gasteiger partial charge in [-0.3, -0.25) is 0 Å². The van der Waals surface area contributed by atoms with Crippen LogP contribution in [0.2, 0.25) is 0 Å². The van der Waals surface area contributed by atoms with Crippen molar-refractivity contribution in [2.24, 2.45) is 0 Å². The molecule has 16 heavy (non-hydrogen) atoms. The second kappa shape index (κ2) is 3.76. The van der Waals surface area contributed by atoms with E-state index in [1.165, 1.54) is 6.26 Å². The molecule has 3 heteroatoms. The van der Waals surface area contributed by atoms with Gasteiger partial charge in [-0.05, 0) is 23.1 Å². The number of sulfone groups is 1. The van der Waals surface area contributed by atoms with Crippen LogP contribution < -0.4 is 0 Å². The van der Waals surface area contributed by atoms with Crippen LogP contribution in [0.4, 0.5) is 0 Å². The largest absolute Gasteiger partial charge is 0.224 e. The molecule has 0 bridgehead atoms. The lowest BCUT2D eigenvalue weighted by atomic mass is 10.1. The molecule has 0 N–H and O–H groups in total. The minimum Gasteiger partial charge on any atom is -0.224 e. The Morgan fingerprint density at radius 1 is 1.19 bits per heavy atom. The molecule has 0 amide bonds. The van der Waals surface area contributed by atoms with Crippen molar-refractivity contribution in [2.75, 3.05) is 6.26 Å². The van der Waals surface area contributed by atoms with Gasteiger partial charge in [-0.25, -0.2) is 8.42 Å². The number of hydrogen-bond donors (Lipinski definition) is 0. The van der Waals surface area contributed by atoms with Crippen molar-refractivity contribution in [3.63, 3.8) is 0 Å². The molecule has 0 spiro atoms. The minimum atomic E-state index is -3.21. The lowest BCUT2D eigenvalue weighted by molar-refractivity contribution is 0.602. The molecule has 0 aliphatic rings. The highest BCUT2D eigenvalue weighted by Gasteiger charge is 2.12. The molecule has 0 saturated carbocycles. The van der Waals surface area contributed by atoms with Gasteiger partial charge in [0.25, 0.3) is 0 Å². The summed E-state index contributed by atoms with van der Waals surface area (Å²) in [7, 11) is -3.21. The Labute approximate surface area is 95.1 Å². The Kier molecular flexibility index (Phi) is 2.56. The van der Waals surface area contributed by atoms with Crippen molar-refractivity contribution in [1.82, 2.24) is 0 Å². The summed E-state index contributed by atoms with van der Waals surface area (Å²) in [6.07, 6.45) is 2.88. The van der Waals surface area contributed by atoms with Gasteiger partial charge < -0.3 is 0 Å². The van der Waals surface area contributed by atoms with E-state index in [9.17, 15) is 8.42 Å². The third kappa shape index (κ3) is 1.86. The van der Waals surface area contributed by atoms with Gasteiger partial charge in [0.05, 0.1) is 4.90 Å². The molecule has 0 aromatic heterocycles. The Hall–Kier alpha value is -1.61. The summed E-state index contributed by atoms with van der Waals surface area (Å²) in [5, 5.41) is 1.68. The zero-order valence-electron chi connectivity index (χ0n) is 8.97. The van der Waals surface area contributed by atoms with Crippen molar-refractivity contribution >= 4 is 26.7 Å². The summed E-state index contributed by atoms with van der Waals surface area (Å²) >= 11 is 0. The van der Waals surface area contributed by atoms with E-state index in [1.54, 1.807) is 12.1 Å². The smallest absolute Gasteiger partial charge is 0.176 e. The maximum absolute atomic E-state index is 11.7. The van der Waals surface area contributed by atoms with E-state index in [4.69, 9.17) is 0 Å². The number of hydrogen-bond acceptors (Lipinski definition) is 2. The summed E-state index contributed by atoms with van der Waals surface area (Å²) in [6, 6.07) is 11.0. The number of benzene rings is 2. The zero-order chi connectivity index (χ0) is 11.8. The van der Waals surface area contributed by atoms with Crippen LogP contribution in [0, 0.1) is 0 Å². The molecule has 2 aromatic rings. The highest BCUT2D eigenvalue weighted by Crippen LogP contribution is 2.25. The molecule has 2 nitrogen and oxygen atoms in total. The van der Waals surface area contributed by atoms with Crippen molar-refractivity contribution in [3.8, 4) is 0 Å². The highest BCUT2D eigenvalue weighted by atomic mass is 32.2. The first kappa shape index (κ1) is 10.9. The maximum Gasteiger partial charge on any atom is 0.176 e. The SMILES string of the molecule is C=Cc1cc(S(C)(=O)=O)c2ccccc2c1. The van der Waals surface area contributed by atoms with Gasteiger partial charge in [0.2, 0.25) is 0 Å². The van der Waals surface area contributed by atoms with E-state index in [1.807, 2.05) is 30.3 Å². The van der Waals surface area contributed by atoms with E-state index in [0.29, 0.717) is 4.90 Å². The lowest BCUT2D eigenvalue weighted by Gasteiger charge is -2.06. The molecule has 2 rings (SSSR count). The summed E-state index contributed by atoms with van der Waals surface area (Å²) in [6.45, 7) is 3.67. The Bertz CT molecular complexity index is 655. The zero-order valence-corrected chi connectivity index (χ0v) is 9.79. The molecule has 0 aliphatic heterocycles. The average molecular weight is 232 g/mol. The van der Waals surface area contributed by atoms with Gasteiger partial charge in [-0.2, -0.15) is 0 Å². The van der Waals surface area contributed by atoms with Gasteiger partial charge in [0.1, 0.15) is 0 Å². The Morgan fingerprint density at radius 2 is 1.88 bits per heavy atom. The molecule has 0 unspecified atom stereocenters. The Morgan fingerprint density at radius 3 is 2.50 bits per heavy atom. The van der Waals surface area contributed by atoms with Gasteiger partial charge >= 0.3 is 0 Å². The van der Waals surface area contributed by atoms with Crippen LogP contribution in [0.1, 0.15) is 5.56 Å². The standard InChI is InChI=1S/C13H12O2S/c1-3-10-8-11-6-4-5-7-12(11)13(9-10)16(2,14)15/h3-9H,1H2,2H3. The topological polar surface area (TPSA) is 34.1 Å². The lowest BCUT2D eigenvalue weighted by Crippen LogP contribution is -1.98. The van der Waals surface area contributed by atoms with Crippen LogP contribution >= 0.6 is 0 Å². The molecule has 82 valence electrons. The summed E-state index contributed by atoms with van der Waals surface area (Å²) in [5.74, 6) is 0. The third-order valence-corrected chi connectivity index (χ3v) is 3.62. The summed E-state index contributed by atoms with van der Waals surface area (Å²) in [4.78, 5) is 0.362. The van der Waals surface area contributed by atoms with E-state index >= 15 is 0 Å². The predicted molar refractivity (Wildman–Crippen MR) is 67.1 cm³/mol. The third-order valence-electron chi connectivity index (χ3n) is 2.48. The number of rotatable bonds is 2. The molecule has 0 fully saturated rings. The second-order valence-corrected chi connectivity index (χ2v) is 5.70. The molecule has 0 aliphatic carbocycles. The normalized spacial score (nSPS) is 11.6. The monoisotopic (exact) mass is 232 g/mol. The van der Waals surface area contributed by atoms with Gasteiger partial charge in [0.15, 0.2) is 9.84 Å². The summed E-state index contributed by atoms with van der Waals surface area (Å²) < 4.78 is 23.4. The van der Waals surface area contributed by atoms with Crippen LogP contribution in [0.5, 0.6) is 0 Å². The van der Waals surface area contributed by atoms with Crippen molar-refractivity contribution in [2.45, 2.75) is 4.90 Å².